The van der Waals surface area contributed by atoms with E-state index >= 15 is 0 Å². The molecule has 0 amide bonds. The molecule has 0 aliphatic carbocycles. The first kappa shape index (κ1) is 14.2. The molecule has 0 saturated heterocycles. The predicted octanol–water partition coefficient (Wildman–Crippen LogP) is 2.62. The van der Waals surface area contributed by atoms with Crippen LogP contribution < -0.4 is 10.2 Å². The minimum absolute atomic E-state index is 0.0106. The quantitative estimate of drug-likeness (QED) is 0.926. The van der Waals surface area contributed by atoms with Gasteiger partial charge in [-0.05, 0) is 12.5 Å². The molecule has 1 aliphatic rings. The van der Waals surface area contributed by atoms with E-state index in [0.29, 0.717) is 18.2 Å². The Bertz CT molecular complexity index is 901. The monoisotopic (exact) mass is 307 g/mol. The van der Waals surface area contributed by atoms with E-state index < -0.39 is 40.4 Å². The maximum atomic E-state index is 14.0. The topological polar surface area (TPSA) is 68.5 Å². The average Bonchev–Trinajstić information content (AvgIpc) is 2.48. The van der Waals surface area contributed by atoms with Crippen molar-refractivity contribution in [2.45, 2.75) is 19.4 Å². The van der Waals surface area contributed by atoms with Crippen molar-refractivity contribution >= 4 is 22.6 Å². The molecular formula is C15H11F2NO4. The van der Waals surface area contributed by atoms with Crippen LogP contribution >= 0.6 is 0 Å². The fourth-order valence-corrected chi connectivity index (χ4v) is 2.57. The number of hydrogen-bond acceptors (Lipinski definition) is 3. The van der Waals surface area contributed by atoms with Gasteiger partial charge in [-0.1, -0.05) is 13.5 Å². The summed E-state index contributed by atoms with van der Waals surface area (Å²) >= 11 is 0. The van der Waals surface area contributed by atoms with Gasteiger partial charge in [-0.3, -0.25) is 4.79 Å². The second-order valence-corrected chi connectivity index (χ2v) is 4.95. The molecular weight excluding hydrogens is 296 g/mol. The summed E-state index contributed by atoms with van der Waals surface area (Å²) in [6.45, 7) is 5.56. The fourth-order valence-electron chi connectivity index (χ4n) is 2.57. The second-order valence-electron chi connectivity index (χ2n) is 4.95. The number of hydrogen-bond donors (Lipinski definition) is 1. The highest BCUT2D eigenvalue weighted by Gasteiger charge is 2.30. The van der Waals surface area contributed by atoms with Gasteiger partial charge in [-0.15, -0.1) is 0 Å². The number of halogens is 2. The zero-order valence-corrected chi connectivity index (χ0v) is 11.5. The Hall–Kier alpha value is -2.70. The predicted molar refractivity (Wildman–Crippen MR) is 75.1 cm³/mol. The fraction of sp³-hybridized carbons (Fsp3) is 0.200. The van der Waals surface area contributed by atoms with Crippen molar-refractivity contribution in [2.24, 2.45) is 0 Å². The van der Waals surface area contributed by atoms with Crippen molar-refractivity contribution in [3.05, 3.63) is 46.3 Å². The summed E-state index contributed by atoms with van der Waals surface area (Å²) in [4.78, 5) is 23.4. The number of rotatable bonds is 2. The summed E-state index contributed by atoms with van der Waals surface area (Å²) in [5, 5.41) is 8.86. The Kier molecular flexibility index (Phi) is 3.01. The van der Waals surface area contributed by atoms with Crippen LogP contribution in [0, 0.1) is 11.6 Å². The van der Waals surface area contributed by atoms with Crippen LogP contribution in [-0.4, -0.2) is 21.7 Å². The van der Waals surface area contributed by atoms with Crippen LogP contribution in [0.3, 0.4) is 0 Å². The highest BCUT2D eigenvalue weighted by molar-refractivity contribution is 5.96. The lowest BCUT2D eigenvalue weighted by atomic mass is 10.1. The van der Waals surface area contributed by atoms with Crippen LogP contribution in [0.2, 0.25) is 0 Å². The molecule has 2 aromatic rings. The molecule has 1 aromatic heterocycles. The average molecular weight is 307 g/mol. The number of carbonyl (C=O) groups is 1. The van der Waals surface area contributed by atoms with Crippen LogP contribution in [0.1, 0.15) is 23.7 Å². The third kappa shape index (κ3) is 1.75. The minimum atomic E-state index is -1.45. The highest BCUT2D eigenvalue weighted by Crippen LogP contribution is 2.37. The molecule has 1 aliphatic heterocycles. The number of carboxylic acid groups (broad SMARTS) is 1. The van der Waals surface area contributed by atoms with Gasteiger partial charge in [0.2, 0.25) is 11.2 Å². The molecule has 1 aromatic carbocycles. The Balaban J connectivity index is 2.54. The first-order chi connectivity index (χ1) is 10.4. The van der Waals surface area contributed by atoms with Crippen molar-refractivity contribution in [3.8, 4) is 5.75 Å². The molecule has 0 saturated carbocycles. The molecule has 0 fully saturated rings. The van der Waals surface area contributed by atoms with Crippen molar-refractivity contribution in [1.29, 1.82) is 0 Å². The molecule has 3 rings (SSSR count). The Labute approximate surface area is 123 Å². The first-order valence-corrected chi connectivity index (χ1v) is 6.53. The van der Waals surface area contributed by atoms with E-state index in [4.69, 9.17) is 9.84 Å². The van der Waals surface area contributed by atoms with Gasteiger partial charge < -0.3 is 14.4 Å². The lowest BCUT2D eigenvalue weighted by Gasteiger charge is -2.30. The van der Waals surface area contributed by atoms with E-state index in [0.717, 1.165) is 6.20 Å². The van der Waals surface area contributed by atoms with Crippen molar-refractivity contribution in [1.82, 2.24) is 4.57 Å². The summed E-state index contributed by atoms with van der Waals surface area (Å²) < 4.78 is 34.4. The lowest BCUT2D eigenvalue weighted by Crippen LogP contribution is -2.29. The van der Waals surface area contributed by atoms with E-state index in [1.54, 1.807) is 6.92 Å². The van der Waals surface area contributed by atoms with Crippen LogP contribution in [0.5, 0.6) is 5.75 Å². The van der Waals surface area contributed by atoms with E-state index in [1.165, 1.54) is 4.57 Å². The third-order valence-electron chi connectivity index (χ3n) is 3.68. The third-order valence-corrected chi connectivity index (χ3v) is 3.68. The van der Waals surface area contributed by atoms with E-state index in [-0.39, 0.29) is 10.9 Å². The van der Waals surface area contributed by atoms with Crippen LogP contribution in [0.4, 0.5) is 8.78 Å². The van der Waals surface area contributed by atoms with Crippen molar-refractivity contribution in [3.63, 3.8) is 0 Å². The van der Waals surface area contributed by atoms with Crippen LogP contribution in [0.25, 0.3) is 16.6 Å². The van der Waals surface area contributed by atoms with Gasteiger partial charge in [0.05, 0.1) is 11.1 Å². The lowest BCUT2D eigenvalue weighted by molar-refractivity contribution is 0.0695. The maximum absolute atomic E-state index is 14.0. The van der Waals surface area contributed by atoms with Gasteiger partial charge in [0, 0.05) is 6.20 Å². The Morgan fingerprint density at radius 3 is 2.77 bits per heavy atom. The van der Waals surface area contributed by atoms with Gasteiger partial charge in [-0.2, -0.15) is 4.39 Å². The molecule has 1 N–H and O–H groups in total. The maximum Gasteiger partial charge on any atom is 0.341 e. The normalized spacial score (nSPS) is 16.7. The number of aromatic nitrogens is 1. The smallest absolute Gasteiger partial charge is 0.341 e. The highest BCUT2D eigenvalue weighted by atomic mass is 19.2. The van der Waals surface area contributed by atoms with Crippen molar-refractivity contribution < 1.29 is 23.4 Å². The molecule has 114 valence electrons. The first-order valence-electron chi connectivity index (χ1n) is 6.53. The number of pyridine rings is 1. The number of aromatic carboxylic acids is 1. The number of ether oxygens (including phenoxy) is 1. The van der Waals surface area contributed by atoms with Gasteiger partial charge >= 0.3 is 5.97 Å². The van der Waals surface area contributed by atoms with Gasteiger partial charge in [0.15, 0.2) is 11.6 Å². The molecule has 0 spiro atoms. The van der Waals surface area contributed by atoms with Crippen molar-refractivity contribution in [2.75, 3.05) is 0 Å². The summed E-state index contributed by atoms with van der Waals surface area (Å²) in [5.74, 6) is -4.33. The minimum Gasteiger partial charge on any atom is -0.479 e. The number of benzene rings is 1. The molecule has 2 heterocycles. The molecule has 1 unspecified atom stereocenters. The zero-order chi connectivity index (χ0) is 16.2. The molecule has 0 bridgehead atoms. The summed E-state index contributed by atoms with van der Waals surface area (Å²) in [5.41, 5.74) is -1.09. The molecule has 22 heavy (non-hydrogen) atoms. The number of carboxylic acids is 1. The van der Waals surface area contributed by atoms with Crippen LogP contribution in [-0.2, 0) is 0 Å². The summed E-state index contributed by atoms with van der Waals surface area (Å²) in [6, 6.07) is 0.683. The largest absolute Gasteiger partial charge is 0.479 e. The molecule has 1 atom stereocenters. The van der Waals surface area contributed by atoms with Gasteiger partial charge in [0.25, 0.3) is 0 Å². The Morgan fingerprint density at radius 2 is 2.18 bits per heavy atom. The van der Waals surface area contributed by atoms with E-state index in [2.05, 4.69) is 6.58 Å². The zero-order valence-electron chi connectivity index (χ0n) is 11.5. The van der Waals surface area contributed by atoms with Gasteiger partial charge in [-0.25, -0.2) is 9.18 Å². The molecule has 5 nitrogen and oxygen atoms in total. The Morgan fingerprint density at radius 1 is 1.50 bits per heavy atom. The SMILES string of the molecule is C=C1C(CC)Oc2c(F)c(F)cc3c(=O)c(C(=O)O)cn1c23. The van der Waals surface area contributed by atoms with Crippen LogP contribution in [0.15, 0.2) is 23.6 Å². The second kappa shape index (κ2) is 4.66. The van der Waals surface area contributed by atoms with E-state index in [9.17, 15) is 18.4 Å². The van der Waals surface area contributed by atoms with E-state index in [1.807, 2.05) is 0 Å². The standard InChI is InChI=1S/C15H11F2NO4/c1-3-10-6(2)18-5-8(15(20)21)13(19)7-4-9(16)11(17)14(22-10)12(7)18/h4-5,10H,2-3H2,1H3,(H,20,21). The summed E-state index contributed by atoms with van der Waals surface area (Å²) in [6.07, 6.45) is 0.849. The summed E-state index contributed by atoms with van der Waals surface area (Å²) in [7, 11) is 0. The molecule has 7 heteroatoms. The number of nitrogens with zero attached hydrogens (tertiary/aromatic N) is 1. The molecule has 0 radical (unpaired) electrons. The van der Waals surface area contributed by atoms with Gasteiger partial charge in [0.1, 0.15) is 17.2 Å².